The Balaban J connectivity index is 1.44. The number of aryl methyl sites for hydroxylation is 1. The van der Waals surface area contributed by atoms with Crippen LogP contribution in [-0.2, 0) is 11.2 Å². The van der Waals surface area contributed by atoms with Crippen molar-refractivity contribution in [3.05, 3.63) is 59.8 Å². The monoisotopic (exact) mass is 382 g/mol. The van der Waals surface area contributed by atoms with Crippen LogP contribution in [0.25, 0.3) is 10.6 Å². The number of hydrogen-bond donors (Lipinski definition) is 0. The normalized spacial score (nSPS) is 13.9. The van der Waals surface area contributed by atoms with E-state index in [0.717, 1.165) is 22.8 Å². The van der Waals surface area contributed by atoms with Crippen LogP contribution in [0.4, 0.5) is 0 Å². The van der Waals surface area contributed by atoms with Gasteiger partial charge in [0, 0.05) is 49.3 Å². The minimum atomic E-state index is -0.245. The molecule has 0 N–H and O–H groups in total. The quantitative estimate of drug-likeness (QED) is 0.678. The largest absolute Gasteiger partial charge is 0.469 e. The maximum atomic E-state index is 12.9. The van der Waals surface area contributed by atoms with E-state index in [9.17, 15) is 9.59 Å². The van der Waals surface area contributed by atoms with E-state index in [1.165, 1.54) is 21.4 Å². The molecular formula is C19H18N4O3S. The van der Waals surface area contributed by atoms with Crippen LogP contribution in [0.15, 0.2) is 52.7 Å². The topological polar surface area (TPSA) is 79.5 Å². The van der Waals surface area contributed by atoms with Gasteiger partial charge < -0.3 is 4.42 Å². The smallest absolute Gasteiger partial charge is 0.291 e. The van der Waals surface area contributed by atoms with Crippen molar-refractivity contribution in [3.63, 3.8) is 0 Å². The highest BCUT2D eigenvalue weighted by Crippen LogP contribution is 2.24. The molecule has 0 aliphatic carbocycles. The predicted octanol–water partition coefficient (Wildman–Crippen LogP) is 3.02. The number of carbonyl (C=O) groups excluding carboxylic acids is 2. The second-order valence-electron chi connectivity index (χ2n) is 6.16. The first-order valence-corrected chi connectivity index (χ1v) is 9.61. The fourth-order valence-electron chi connectivity index (χ4n) is 3.02. The van der Waals surface area contributed by atoms with Crippen molar-refractivity contribution < 1.29 is 14.0 Å². The summed E-state index contributed by atoms with van der Waals surface area (Å²) in [7, 11) is 0. The summed E-state index contributed by atoms with van der Waals surface area (Å²) in [4.78, 5) is 34.0. The summed E-state index contributed by atoms with van der Waals surface area (Å²) < 4.78 is 5.27. The lowest BCUT2D eigenvalue weighted by atomic mass is 10.2. The Hall–Kier alpha value is -3.00. The molecule has 0 aromatic carbocycles. The van der Waals surface area contributed by atoms with Crippen LogP contribution in [0.5, 0.6) is 0 Å². The van der Waals surface area contributed by atoms with Crippen molar-refractivity contribution in [1.82, 2.24) is 20.0 Å². The highest BCUT2D eigenvalue weighted by Gasteiger charge is 2.32. The van der Waals surface area contributed by atoms with Crippen molar-refractivity contribution in [2.24, 2.45) is 0 Å². The van der Waals surface area contributed by atoms with Crippen molar-refractivity contribution in [2.75, 3.05) is 13.1 Å². The summed E-state index contributed by atoms with van der Waals surface area (Å²) >= 11 is 1.39. The number of rotatable bonds is 5. The van der Waals surface area contributed by atoms with Gasteiger partial charge in [-0.1, -0.05) is 0 Å². The Bertz CT molecular complexity index is 924. The molecule has 4 rings (SSSR count). The highest BCUT2D eigenvalue weighted by atomic mass is 32.1. The van der Waals surface area contributed by atoms with Crippen LogP contribution < -0.4 is 0 Å². The van der Waals surface area contributed by atoms with E-state index in [1.54, 1.807) is 30.1 Å². The first-order valence-electron chi connectivity index (χ1n) is 8.73. The zero-order chi connectivity index (χ0) is 18.6. The maximum absolute atomic E-state index is 12.9. The molecule has 3 aromatic rings. The van der Waals surface area contributed by atoms with Gasteiger partial charge >= 0.3 is 0 Å². The second-order valence-corrected chi connectivity index (χ2v) is 7.02. The molecule has 7 nitrogen and oxygen atoms in total. The zero-order valence-corrected chi connectivity index (χ0v) is 15.4. The number of hydrogen-bond acceptors (Lipinski definition) is 6. The van der Waals surface area contributed by atoms with Crippen molar-refractivity contribution in [3.8, 4) is 10.6 Å². The first kappa shape index (κ1) is 17.4. The lowest BCUT2D eigenvalue weighted by Crippen LogP contribution is -2.45. The third-order valence-electron chi connectivity index (χ3n) is 4.35. The van der Waals surface area contributed by atoms with Gasteiger partial charge in [0.05, 0.1) is 6.26 Å². The zero-order valence-electron chi connectivity index (χ0n) is 14.6. The van der Waals surface area contributed by atoms with Gasteiger partial charge in [-0.05, 0) is 30.7 Å². The molecule has 1 saturated heterocycles. The summed E-state index contributed by atoms with van der Waals surface area (Å²) in [6.45, 7) is 1.06. The molecule has 138 valence electrons. The van der Waals surface area contributed by atoms with E-state index in [1.807, 2.05) is 18.2 Å². The van der Waals surface area contributed by atoms with Gasteiger partial charge in [-0.3, -0.25) is 19.6 Å². The van der Waals surface area contributed by atoms with Crippen LogP contribution >= 0.6 is 11.3 Å². The molecule has 27 heavy (non-hydrogen) atoms. The fraction of sp³-hybridized carbons (Fsp3) is 0.263. The van der Waals surface area contributed by atoms with Crippen LogP contribution in [0.3, 0.4) is 0 Å². The number of aromatic nitrogens is 2. The fourth-order valence-corrected chi connectivity index (χ4v) is 3.81. The van der Waals surface area contributed by atoms with Crippen molar-refractivity contribution >= 4 is 23.2 Å². The van der Waals surface area contributed by atoms with Gasteiger partial charge in [-0.2, -0.15) is 0 Å². The molecule has 0 atom stereocenters. The average Bonchev–Trinajstić information content (AvgIpc) is 3.47. The molecule has 8 heteroatoms. The molecule has 0 radical (unpaired) electrons. The third kappa shape index (κ3) is 3.75. The number of carbonyl (C=O) groups is 2. The van der Waals surface area contributed by atoms with Crippen LogP contribution in [-0.4, -0.2) is 44.9 Å². The standard InChI is InChI=1S/C19H18N4O3S/c24-17(7-6-15-5-2-11-26-15)22-9-3-10-23(22)19(25)16-13-27-18(21-16)14-4-1-8-20-12-14/h1-2,4-5,8,11-13H,3,6-7,9-10H2. The SMILES string of the molecule is O=C(CCc1ccco1)N1CCCN1C(=O)c1csc(-c2cccnc2)n1. The van der Waals surface area contributed by atoms with E-state index in [4.69, 9.17) is 4.42 Å². The number of amides is 2. The van der Waals surface area contributed by atoms with Crippen LogP contribution in [0.2, 0.25) is 0 Å². The molecule has 1 aliphatic heterocycles. The molecule has 3 aromatic heterocycles. The van der Waals surface area contributed by atoms with E-state index >= 15 is 0 Å². The summed E-state index contributed by atoms with van der Waals surface area (Å²) in [5.41, 5.74) is 1.22. The van der Waals surface area contributed by atoms with Crippen LogP contribution in [0, 0.1) is 0 Å². The minimum absolute atomic E-state index is 0.0834. The van der Waals surface area contributed by atoms with Crippen molar-refractivity contribution in [1.29, 1.82) is 0 Å². The lowest BCUT2D eigenvalue weighted by Gasteiger charge is -2.27. The third-order valence-corrected chi connectivity index (χ3v) is 5.24. The van der Waals surface area contributed by atoms with E-state index in [-0.39, 0.29) is 11.8 Å². The van der Waals surface area contributed by atoms with Gasteiger partial charge in [0.25, 0.3) is 5.91 Å². The minimum Gasteiger partial charge on any atom is -0.469 e. The lowest BCUT2D eigenvalue weighted by molar-refractivity contribution is -0.140. The number of hydrazine groups is 1. The molecule has 1 aliphatic rings. The predicted molar refractivity (Wildman–Crippen MR) is 99.7 cm³/mol. The van der Waals surface area contributed by atoms with Gasteiger partial charge in [0.1, 0.15) is 16.5 Å². The van der Waals surface area contributed by atoms with Gasteiger partial charge in [0.2, 0.25) is 5.91 Å². The van der Waals surface area contributed by atoms with Gasteiger partial charge in [-0.15, -0.1) is 11.3 Å². The Labute approximate surface area is 160 Å². The molecule has 2 amide bonds. The van der Waals surface area contributed by atoms with Crippen molar-refractivity contribution in [2.45, 2.75) is 19.3 Å². The molecule has 0 spiro atoms. The van der Waals surface area contributed by atoms with Gasteiger partial charge in [-0.25, -0.2) is 9.99 Å². The number of nitrogens with zero attached hydrogens (tertiary/aromatic N) is 4. The van der Waals surface area contributed by atoms with Gasteiger partial charge in [0.15, 0.2) is 0 Å². The summed E-state index contributed by atoms with van der Waals surface area (Å²) in [5, 5.41) is 5.51. The Morgan fingerprint density at radius 3 is 2.85 bits per heavy atom. The highest BCUT2D eigenvalue weighted by molar-refractivity contribution is 7.13. The number of pyridine rings is 1. The molecule has 0 unspecified atom stereocenters. The summed E-state index contributed by atoms with van der Waals surface area (Å²) in [6, 6.07) is 7.38. The van der Waals surface area contributed by atoms with E-state index in [2.05, 4.69) is 9.97 Å². The number of thiazole rings is 1. The summed E-state index contributed by atoms with van der Waals surface area (Å²) in [6.07, 6.45) is 6.58. The maximum Gasteiger partial charge on any atom is 0.291 e. The second kappa shape index (κ2) is 7.71. The first-order chi connectivity index (χ1) is 13.2. The van der Waals surface area contributed by atoms with E-state index < -0.39 is 0 Å². The Kier molecular flexibility index (Phi) is 4.97. The molecule has 0 saturated carbocycles. The Morgan fingerprint density at radius 2 is 2.07 bits per heavy atom. The molecule has 0 bridgehead atoms. The molecule has 4 heterocycles. The van der Waals surface area contributed by atoms with E-state index in [0.29, 0.717) is 31.6 Å². The molecule has 1 fully saturated rings. The average molecular weight is 382 g/mol. The Morgan fingerprint density at radius 1 is 1.19 bits per heavy atom. The van der Waals surface area contributed by atoms with Crippen LogP contribution in [0.1, 0.15) is 29.1 Å². The molecular weight excluding hydrogens is 364 g/mol. The summed E-state index contributed by atoms with van der Waals surface area (Å²) in [5.74, 6) is 0.436. The number of furan rings is 1.